The highest BCUT2D eigenvalue weighted by atomic mass is 32.2. The number of hydrogen-bond donors (Lipinski definition) is 0. The SMILES string of the molecule is CCOC(=O)C1=C[C@H](OC(CC)CC)[C@H](N=[N+]=[N-])[C@@H](OS(C)(=O)=O)C1.CCOC(=O)C1=C[C@H](OC(CC)CC)[C@H](OS(C)(=O)=O)[C@H](N=[N+]=[N-])C1. The molecular weight excluding hydrogens is 700 g/mol. The quantitative estimate of drug-likeness (QED) is 0.0592. The molecule has 0 saturated carbocycles. The Hall–Kier alpha value is -3.22. The average Bonchev–Trinajstić information content (AvgIpc) is 3.04. The fourth-order valence-corrected chi connectivity index (χ4v) is 6.51. The smallest absolute Gasteiger partial charge is 0.333 e. The third-order valence-electron chi connectivity index (χ3n) is 7.57. The van der Waals surface area contributed by atoms with Gasteiger partial charge in [-0.25, -0.2) is 9.59 Å². The Kier molecular flexibility index (Phi) is 19.6. The highest BCUT2D eigenvalue weighted by molar-refractivity contribution is 7.86. The Labute approximate surface area is 294 Å². The zero-order valence-electron chi connectivity index (χ0n) is 29.8. The van der Waals surface area contributed by atoms with Crippen LogP contribution in [0.5, 0.6) is 0 Å². The van der Waals surface area contributed by atoms with Crippen LogP contribution in [0.4, 0.5) is 0 Å². The molecule has 2 rings (SSSR count). The maximum Gasteiger partial charge on any atom is 0.333 e. The molecule has 0 unspecified atom stereocenters. The lowest BCUT2D eigenvalue weighted by Gasteiger charge is -2.35. The van der Waals surface area contributed by atoms with Crippen LogP contribution < -0.4 is 0 Å². The van der Waals surface area contributed by atoms with Crippen molar-refractivity contribution in [3.63, 3.8) is 0 Å². The summed E-state index contributed by atoms with van der Waals surface area (Å²) >= 11 is 0. The summed E-state index contributed by atoms with van der Waals surface area (Å²) in [5.74, 6) is -1.11. The van der Waals surface area contributed by atoms with Crippen molar-refractivity contribution < 1.29 is 53.7 Å². The molecule has 284 valence electrons. The molecule has 2 aliphatic carbocycles. The predicted molar refractivity (Wildman–Crippen MR) is 182 cm³/mol. The van der Waals surface area contributed by atoms with Crippen molar-refractivity contribution >= 4 is 32.2 Å². The summed E-state index contributed by atoms with van der Waals surface area (Å²) in [5, 5.41) is 7.28. The Bertz CT molecular complexity index is 1500. The van der Waals surface area contributed by atoms with Crippen molar-refractivity contribution in [1.29, 1.82) is 0 Å². The molecular formula is C30H50N6O12S2. The number of nitrogens with zero attached hydrogens (tertiary/aromatic N) is 6. The normalized spacial score (nSPS) is 23.7. The molecule has 50 heavy (non-hydrogen) atoms. The number of azide groups is 2. The standard InChI is InChI=1S/2C15H25N3O6S/c1-5-11(6-2)23-12-8-10(15(19)22-7-3)9-13(14(12)17-18-16)24-25(4,20)21;1-5-11(6-2)23-13-9-10(15(19)22-7-3)8-12(17-18-16)14(13)24-25(4,20)21/h8,11-14H,5-7,9H2,1-4H3;9,11-14H,5-8H2,1-4H3/t12-,13-,14-;12-,13+,14-/m01/s1. The van der Waals surface area contributed by atoms with E-state index in [4.69, 9.17) is 38.4 Å². The number of carbonyl (C=O) groups excluding carboxylic acids is 2. The van der Waals surface area contributed by atoms with E-state index in [0.29, 0.717) is 12.8 Å². The molecule has 0 fully saturated rings. The summed E-state index contributed by atoms with van der Waals surface area (Å²) in [6, 6.07) is -1.80. The predicted octanol–water partition coefficient (Wildman–Crippen LogP) is 4.95. The fraction of sp³-hybridized carbons (Fsp3) is 0.800. The minimum Gasteiger partial charge on any atom is -0.463 e. The first-order valence-electron chi connectivity index (χ1n) is 16.4. The second-order valence-electron chi connectivity index (χ2n) is 11.4. The zero-order valence-corrected chi connectivity index (χ0v) is 31.5. The molecule has 0 heterocycles. The number of rotatable bonds is 18. The van der Waals surface area contributed by atoms with Crippen LogP contribution in [0.25, 0.3) is 20.9 Å². The van der Waals surface area contributed by atoms with Gasteiger partial charge >= 0.3 is 11.9 Å². The van der Waals surface area contributed by atoms with Crippen LogP contribution in [0.1, 0.15) is 80.1 Å². The number of hydrogen-bond acceptors (Lipinski definition) is 14. The third-order valence-corrected chi connectivity index (χ3v) is 8.74. The van der Waals surface area contributed by atoms with Crippen molar-refractivity contribution in [3.05, 3.63) is 44.2 Å². The van der Waals surface area contributed by atoms with Crippen LogP contribution in [0.2, 0.25) is 0 Å². The second-order valence-corrected chi connectivity index (χ2v) is 14.6. The van der Waals surface area contributed by atoms with E-state index in [1.807, 2.05) is 27.7 Å². The molecule has 0 aromatic heterocycles. The molecule has 0 aliphatic heterocycles. The minimum atomic E-state index is -3.82. The molecule has 20 heteroatoms. The summed E-state index contributed by atoms with van der Waals surface area (Å²) in [7, 11) is -7.63. The number of ether oxygens (including phenoxy) is 4. The van der Waals surface area contributed by atoms with Crippen molar-refractivity contribution in [1.82, 2.24) is 0 Å². The molecule has 0 bridgehead atoms. The average molecular weight is 751 g/mol. The largest absolute Gasteiger partial charge is 0.463 e. The van der Waals surface area contributed by atoms with E-state index in [9.17, 15) is 26.4 Å². The van der Waals surface area contributed by atoms with E-state index in [2.05, 4.69) is 20.1 Å². The van der Waals surface area contributed by atoms with Crippen LogP contribution in [0, 0.1) is 0 Å². The van der Waals surface area contributed by atoms with Gasteiger partial charge in [-0.2, -0.15) is 16.8 Å². The molecule has 0 amide bonds. The van der Waals surface area contributed by atoms with Gasteiger partial charge in [-0.05, 0) is 69.2 Å². The van der Waals surface area contributed by atoms with Gasteiger partial charge in [0.1, 0.15) is 12.2 Å². The lowest BCUT2D eigenvalue weighted by Crippen LogP contribution is -2.45. The maximum absolute atomic E-state index is 12.1. The van der Waals surface area contributed by atoms with Gasteiger partial charge < -0.3 is 18.9 Å². The maximum atomic E-state index is 12.1. The Morgan fingerprint density at radius 1 is 0.740 bits per heavy atom. The molecule has 18 nitrogen and oxygen atoms in total. The fourth-order valence-electron chi connectivity index (χ4n) is 5.24. The van der Waals surface area contributed by atoms with E-state index in [1.54, 1.807) is 13.8 Å². The highest BCUT2D eigenvalue weighted by Crippen LogP contribution is 2.31. The van der Waals surface area contributed by atoms with Crippen LogP contribution in [-0.2, 0) is 57.1 Å². The highest BCUT2D eigenvalue weighted by Gasteiger charge is 2.41. The first-order valence-corrected chi connectivity index (χ1v) is 20.1. The first-order chi connectivity index (χ1) is 23.5. The first kappa shape index (κ1) is 44.8. The van der Waals surface area contributed by atoms with Crippen LogP contribution in [-0.4, -0.2) is 103 Å². The minimum absolute atomic E-state index is 0.0197. The Balaban J connectivity index is 0.000000500. The zero-order chi connectivity index (χ0) is 38.1. The molecule has 0 aromatic rings. The topological polar surface area (TPSA) is 255 Å². The molecule has 0 spiro atoms. The molecule has 0 radical (unpaired) electrons. The summed E-state index contributed by atoms with van der Waals surface area (Å²) in [4.78, 5) is 29.7. The van der Waals surface area contributed by atoms with Gasteiger partial charge in [0, 0.05) is 27.4 Å². The van der Waals surface area contributed by atoms with Crippen LogP contribution in [0.3, 0.4) is 0 Å². The lowest BCUT2D eigenvalue weighted by molar-refractivity contribution is -0.140. The molecule has 2 aliphatic rings. The van der Waals surface area contributed by atoms with E-state index in [0.717, 1.165) is 25.4 Å². The number of esters is 2. The van der Waals surface area contributed by atoms with Gasteiger partial charge in [-0.15, -0.1) is 0 Å². The summed E-state index contributed by atoms with van der Waals surface area (Å²) in [5.41, 5.74) is 18.2. The third kappa shape index (κ3) is 15.3. The van der Waals surface area contributed by atoms with Gasteiger partial charge in [0.2, 0.25) is 0 Å². The molecule has 0 aromatic carbocycles. The van der Waals surface area contributed by atoms with Crippen LogP contribution in [0.15, 0.2) is 33.5 Å². The van der Waals surface area contributed by atoms with E-state index in [1.165, 1.54) is 12.2 Å². The van der Waals surface area contributed by atoms with Gasteiger partial charge in [-0.1, -0.05) is 37.9 Å². The lowest BCUT2D eigenvalue weighted by atomic mass is 9.90. The van der Waals surface area contributed by atoms with Crippen molar-refractivity contribution in [2.24, 2.45) is 10.2 Å². The molecule has 6 atom stereocenters. The monoisotopic (exact) mass is 750 g/mol. The van der Waals surface area contributed by atoms with Gasteiger partial charge in [-0.3, -0.25) is 8.37 Å². The van der Waals surface area contributed by atoms with Crippen molar-refractivity contribution in [2.75, 3.05) is 25.7 Å². The van der Waals surface area contributed by atoms with Crippen molar-refractivity contribution in [2.45, 2.75) is 129 Å². The van der Waals surface area contributed by atoms with E-state index in [-0.39, 0.29) is 49.4 Å². The number of carbonyl (C=O) groups is 2. The van der Waals surface area contributed by atoms with Crippen LogP contribution >= 0.6 is 0 Å². The summed E-state index contributed by atoms with van der Waals surface area (Å²) < 4.78 is 78.4. The second kappa shape index (κ2) is 21.9. The van der Waals surface area contributed by atoms with Crippen molar-refractivity contribution in [3.8, 4) is 0 Å². The molecule has 0 N–H and O–H groups in total. The molecule has 0 saturated heterocycles. The van der Waals surface area contributed by atoms with Gasteiger partial charge in [0.15, 0.2) is 0 Å². The van der Waals surface area contributed by atoms with Gasteiger partial charge in [0.05, 0.1) is 62.2 Å². The van der Waals surface area contributed by atoms with E-state index >= 15 is 0 Å². The Morgan fingerprint density at radius 3 is 1.60 bits per heavy atom. The summed E-state index contributed by atoms with van der Waals surface area (Å²) in [6.07, 6.45) is 3.71. The van der Waals surface area contributed by atoms with Gasteiger partial charge in [0.25, 0.3) is 20.2 Å². The summed E-state index contributed by atoms with van der Waals surface area (Å²) in [6.45, 7) is 11.5. The van der Waals surface area contributed by atoms with E-state index < -0.39 is 68.7 Å². The Morgan fingerprint density at radius 2 is 1.18 bits per heavy atom.